The van der Waals surface area contributed by atoms with E-state index in [0.717, 1.165) is 26.2 Å². The van der Waals surface area contributed by atoms with Crippen LogP contribution in [0.2, 0.25) is 5.02 Å². The Kier molecular flexibility index (Phi) is 6.24. The van der Waals surface area contributed by atoms with Crippen molar-refractivity contribution in [1.82, 2.24) is 15.0 Å². The van der Waals surface area contributed by atoms with E-state index in [1.807, 2.05) is 0 Å². The Morgan fingerprint density at radius 1 is 1.31 bits per heavy atom. The average molecular weight is 381 g/mol. The van der Waals surface area contributed by atoms with Gasteiger partial charge in [0.15, 0.2) is 5.82 Å². The number of hydrogen-bond acceptors (Lipinski definition) is 5. The van der Waals surface area contributed by atoms with Crippen molar-refractivity contribution in [3.05, 3.63) is 46.4 Å². The first kappa shape index (κ1) is 18.8. The summed E-state index contributed by atoms with van der Waals surface area (Å²) in [7, 11) is 0. The molecule has 0 aliphatic carbocycles. The first-order chi connectivity index (χ1) is 12.5. The molecule has 1 fully saturated rings. The van der Waals surface area contributed by atoms with Gasteiger partial charge in [-0.05, 0) is 19.1 Å². The fraction of sp³-hybridized carbons (Fsp3) is 0.444. The molecule has 6 nitrogen and oxygen atoms in total. The van der Waals surface area contributed by atoms with Crippen molar-refractivity contribution in [3.8, 4) is 0 Å². The third-order valence-electron chi connectivity index (χ3n) is 4.46. The highest BCUT2D eigenvalue weighted by Crippen LogP contribution is 2.21. The molecule has 1 amide bonds. The van der Waals surface area contributed by atoms with Crippen LogP contribution >= 0.6 is 11.6 Å². The van der Waals surface area contributed by atoms with Crippen molar-refractivity contribution in [2.45, 2.75) is 19.9 Å². The Balaban J connectivity index is 1.40. The fourth-order valence-electron chi connectivity index (χ4n) is 2.97. The molecular weight excluding hydrogens is 359 g/mol. The number of carbonyl (C=O) groups is 1. The van der Waals surface area contributed by atoms with Gasteiger partial charge in [0.1, 0.15) is 11.6 Å². The number of rotatable bonds is 6. The summed E-state index contributed by atoms with van der Waals surface area (Å²) in [6, 6.07) is 6.45. The highest BCUT2D eigenvalue weighted by Gasteiger charge is 2.20. The minimum atomic E-state index is -0.264. The number of nitrogens with zero attached hydrogens (tertiary/aromatic N) is 3. The van der Waals surface area contributed by atoms with Gasteiger partial charge in [0, 0.05) is 62.3 Å². The maximum atomic E-state index is 13.9. The zero-order valence-electron chi connectivity index (χ0n) is 14.7. The minimum Gasteiger partial charge on any atom is -0.360 e. The van der Waals surface area contributed by atoms with Crippen molar-refractivity contribution >= 4 is 23.3 Å². The molecule has 1 aliphatic heterocycles. The number of amides is 1. The summed E-state index contributed by atoms with van der Waals surface area (Å²) in [5, 5.41) is 6.93. The maximum Gasteiger partial charge on any atom is 0.226 e. The van der Waals surface area contributed by atoms with E-state index in [9.17, 15) is 9.18 Å². The molecule has 0 saturated carbocycles. The van der Waals surface area contributed by atoms with Crippen LogP contribution in [0.4, 0.5) is 10.2 Å². The van der Waals surface area contributed by atoms with E-state index in [2.05, 4.69) is 20.3 Å². The second kappa shape index (κ2) is 8.62. The number of anilines is 1. The van der Waals surface area contributed by atoms with E-state index in [-0.39, 0.29) is 11.7 Å². The summed E-state index contributed by atoms with van der Waals surface area (Å²) >= 11 is 6.10. The summed E-state index contributed by atoms with van der Waals surface area (Å²) < 4.78 is 18.8. The van der Waals surface area contributed by atoms with E-state index in [1.54, 1.807) is 25.1 Å². The van der Waals surface area contributed by atoms with Gasteiger partial charge in [-0.25, -0.2) is 4.39 Å². The van der Waals surface area contributed by atoms with Crippen LogP contribution in [0.15, 0.2) is 28.8 Å². The highest BCUT2D eigenvalue weighted by molar-refractivity contribution is 6.31. The van der Waals surface area contributed by atoms with Gasteiger partial charge in [0.05, 0.1) is 0 Å². The van der Waals surface area contributed by atoms with E-state index < -0.39 is 0 Å². The molecular formula is C18H22ClFN4O2. The zero-order chi connectivity index (χ0) is 18.5. The van der Waals surface area contributed by atoms with Crippen LogP contribution in [0.25, 0.3) is 0 Å². The number of nitrogens with one attached hydrogen (secondary N) is 1. The van der Waals surface area contributed by atoms with Gasteiger partial charge in [-0.1, -0.05) is 22.8 Å². The number of benzene rings is 1. The number of aromatic nitrogens is 1. The van der Waals surface area contributed by atoms with Gasteiger partial charge in [0.25, 0.3) is 0 Å². The Morgan fingerprint density at radius 3 is 2.69 bits per heavy atom. The Morgan fingerprint density at radius 2 is 2.04 bits per heavy atom. The van der Waals surface area contributed by atoms with Gasteiger partial charge in [-0.3, -0.25) is 9.69 Å². The van der Waals surface area contributed by atoms with Gasteiger partial charge >= 0.3 is 0 Å². The molecule has 1 aliphatic rings. The number of aryl methyl sites for hydroxylation is 1. The molecule has 3 rings (SSSR count). The summed E-state index contributed by atoms with van der Waals surface area (Å²) in [6.45, 7) is 6.26. The normalized spacial score (nSPS) is 16.0. The zero-order valence-corrected chi connectivity index (χ0v) is 15.4. The number of halogens is 2. The van der Waals surface area contributed by atoms with Crippen molar-refractivity contribution in [2.75, 3.05) is 38.0 Å². The predicted octanol–water partition coefficient (Wildman–Crippen LogP) is 2.92. The first-order valence-electron chi connectivity index (χ1n) is 8.62. The third-order valence-corrected chi connectivity index (χ3v) is 4.81. The van der Waals surface area contributed by atoms with Crippen LogP contribution in [0.1, 0.15) is 17.7 Å². The number of piperazine rings is 1. The molecule has 2 heterocycles. The second-order valence-electron chi connectivity index (χ2n) is 6.44. The molecule has 1 N–H and O–H groups in total. The molecule has 8 heteroatoms. The van der Waals surface area contributed by atoms with Crippen molar-refractivity contribution in [2.24, 2.45) is 0 Å². The van der Waals surface area contributed by atoms with E-state index in [1.165, 1.54) is 6.07 Å². The lowest BCUT2D eigenvalue weighted by Crippen LogP contribution is -2.46. The van der Waals surface area contributed by atoms with Crippen LogP contribution < -0.4 is 5.32 Å². The number of hydrogen-bond donors (Lipinski definition) is 1. The van der Waals surface area contributed by atoms with Crippen LogP contribution in [0.5, 0.6) is 0 Å². The van der Waals surface area contributed by atoms with Crippen LogP contribution in [-0.2, 0) is 11.3 Å². The van der Waals surface area contributed by atoms with Gasteiger partial charge in [-0.15, -0.1) is 0 Å². The summed E-state index contributed by atoms with van der Waals surface area (Å²) in [5.74, 6) is 0.754. The topological polar surface area (TPSA) is 61.6 Å². The largest absolute Gasteiger partial charge is 0.360 e. The smallest absolute Gasteiger partial charge is 0.226 e. The van der Waals surface area contributed by atoms with E-state index in [4.69, 9.17) is 16.1 Å². The fourth-order valence-corrected chi connectivity index (χ4v) is 3.19. The monoisotopic (exact) mass is 380 g/mol. The molecule has 140 valence electrons. The van der Waals surface area contributed by atoms with Gasteiger partial charge < -0.3 is 14.7 Å². The van der Waals surface area contributed by atoms with Crippen molar-refractivity contribution in [3.63, 3.8) is 0 Å². The summed E-state index contributed by atoms with van der Waals surface area (Å²) in [4.78, 5) is 16.4. The average Bonchev–Trinajstić information content (AvgIpc) is 3.02. The maximum absolute atomic E-state index is 13.9. The number of carbonyl (C=O) groups excluding carboxylic acids is 1. The quantitative estimate of drug-likeness (QED) is 0.834. The molecule has 1 aromatic heterocycles. The lowest BCUT2D eigenvalue weighted by Gasteiger charge is -2.34. The SMILES string of the molecule is Cc1cc(NC(=O)CCN2CCN(Cc3c(F)cccc3Cl)CC2)no1. The molecule has 0 atom stereocenters. The molecule has 0 spiro atoms. The summed E-state index contributed by atoms with van der Waals surface area (Å²) in [6.07, 6.45) is 0.394. The van der Waals surface area contributed by atoms with E-state index >= 15 is 0 Å². The molecule has 0 unspecified atom stereocenters. The van der Waals surface area contributed by atoms with Crippen molar-refractivity contribution < 1.29 is 13.7 Å². The van der Waals surface area contributed by atoms with Crippen LogP contribution in [-0.4, -0.2) is 53.6 Å². The third kappa shape index (κ3) is 5.03. The minimum absolute atomic E-state index is 0.0844. The Bertz CT molecular complexity index is 739. The lowest BCUT2D eigenvalue weighted by atomic mass is 10.2. The standard InChI is InChI=1S/C18H22ClFN4O2/c1-13-11-17(22-26-13)21-18(25)5-6-23-7-9-24(10-8-23)12-14-15(19)3-2-4-16(14)20/h2-4,11H,5-10,12H2,1H3,(H,21,22,25). The van der Waals surface area contributed by atoms with E-state index in [0.29, 0.717) is 41.7 Å². The predicted molar refractivity (Wildman–Crippen MR) is 97.6 cm³/mol. The van der Waals surface area contributed by atoms with Gasteiger partial charge in [0.2, 0.25) is 5.91 Å². The second-order valence-corrected chi connectivity index (χ2v) is 6.85. The molecule has 1 aromatic carbocycles. The highest BCUT2D eigenvalue weighted by atomic mass is 35.5. The van der Waals surface area contributed by atoms with Gasteiger partial charge in [-0.2, -0.15) is 0 Å². The molecule has 0 radical (unpaired) electrons. The molecule has 1 saturated heterocycles. The van der Waals surface area contributed by atoms with Crippen molar-refractivity contribution in [1.29, 1.82) is 0 Å². The Labute approximate surface area is 156 Å². The first-order valence-corrected chi connectivity index (χ1v) is 9.00. The summed E-state index contributed by atoms with van der Waals surface area (Å²) in [5.41, 5.74) is 0.546. The molecule has 26 heavy (non-hydrogen) atoms. The lowest BCUT2D eigenvalue weighted by molar-refractivity contribution is -0.116. The molecule has 2 aromatic rings. The van der Waals surface area contributed by atoms with Crippen LogP contribution in [0, 0.1) is 12.7 Å². The molecule has 0 bridgehead atoms. The van der Waals surface area contributed by atoms with Crippen LogP contribution in [0.3, 0.4) is 0 Å². The Hall–Kier alpha value is -1.96.